The fourth-order valence-electron chi connectivity index (χ4n) is 6.27. The fraction of sp³-hybridized carbons (Fsp3) is 0.667. The lowest BCUT2D eigenvalue weighted by Gasteiger charge is -2.60. The van der Waals surface area contributed by atoms with Crippen LogP contribution in [0.15, 0.2) is 18.2 Å². The van der Waals surface area contributed by atoms with E-state index in [0.717, 1.165) is 31.7 Å². The van der Waals surface area contributed by atoms with Crippen LogP contribution in [0.1, 0.15) is 50.2 Å². The average molecular weight is 325 g/mol. The molecule has 1 saturated heterocycles. The summed E-state index contributed by atoms with van der Waals surface area (Å²) < 4.78 is 0. The van der Waals surface area contributed by atoms with Gasteiger partial charge in [0.2, 0.25) is 0 Å². The summed E-state index contributed by atoms with van der Waals surface area (Å²) in [4.78, 5) is 15.3. The molecule has 4 atom stereocenters. The van der Waals surface area contributed by atoms with Gasteiger partial charge in [0, 0.05) is 30.8 Å². The first-order chi connectivity index (χ1) is 11.6. The quantitative estimate of drug-likeness (QED) is 0.907. The minimum atomic E-state index is -0.0220. The maximum atomic E-state index is 12.5. The Morgan fingerprint density at radius 2 is 2.12 bits per heavy atom. The third-order valence-electron chi connectivity index (χ3n) is 7.29. The first-order valence-electron chi connectivity index (χ1n) is 9.65. The molecule has 0 amide bonds. The van der Waals surface area contributed by atoms with Gasteiger partial charge in [0.15, 0.2) is 0 Å². The van der Waals surface area contributed by atoms with Crippen molar-refractivity contribution in [1.29, 1.82) is 0 Å². The number of Topliss-reactive ketones (excluding diaryl/α,β-unsaturated/α-hetero) is 1. The molecule has 0 spiro atoms. The van der Waals surface area contributed by atoms with Crippen LogP contribution in [0, 0.1) is 17.8 Å². The van der Waals surface area contributed by atoms with Gasteiger partial charge < -0.3 is 5.11 Å². The molecule has 1 aliphatic heterocycles. The Morgan fingerprint density at radius 3 is 2.92 bits per heavy atom. The molecule has 128 valence electrons. The van der Waals surface area contributed by atoms with E-state index >= 15 is 0 Å². The third kappa shape index (κ3) is 2.10. The smallest absolute Gasteiger partial charge is 0.134 e. The Hall–Kier alpha value is -1.35. The van der Waals surface area contributed by atoms with Gasteiger partial charge in [0.05, 0.1) is 0 Å². The van der Waals surface area contributed by atoms with Crippen LogP contribution in [0.3, 0.4) is 0 Å². The lowest BCUT2D eigenvalue weighted by atomic mass is 9.49. The van der Waals surface area contributed by atoms with E-state index in [0.29, 0.717) is 35.8 Å². The monoisotopic (exact) mass is 325 g/mol. The number of nitrogens with zero attached hydrogens (tertiary/aromatic N) is 1. The van der Waals surface area contributed by atoms with Crippen LogP contribution in [-0.2, 0) is 16.6 Å². The van der Waals surface area contributed by atoms with Crippen molar-refractivity contribution in [2.75, 3.05) is 13.1 Å². The van der Waals surface area contributed by atoms with E-state index < -0.39 is 0 Å². The van der Waals surface area contributed by atoms with E-state index in [1.54, 1.807) is 0 Å². The van der Waals surface area contributed by atoms with Gasteiger partial charge in [-0.2, -0.15) is 0 Å². The number of carbonyl (C=O) groups excluding carboxylic acids is 1. The molecule has 2 saturated carbocycles. The van der Waals surface area contributed by atoms with Crippen LogP contribution in [-0.4, -0.2) is 34.9 Å². The van der Waals surface area contributed by atoms with E-state index in [1.807, 2.05) is 12.1 Å². The zero-order valence-corrected chi connectivity index (χ0v) is 14.5. The molecule has 1 aromatic rings. The van der Waals surface area contributed by atoms with E-state index in [1.165, 1.54) is 30.5 Å². The van der Waals surface area contributed by atoms with E-state index in [9.17, 15) is 9.90 Å². The second-order valence-electron chi connectivity index (χ2n) is 8.88. The SMILES string of the molecule is C[C@H]1CC(=O)C[C@]23CCN(CC4CC4)[C@H](Cc4ccc(O)cc42)[C@H]13. The minimum absolute atomic E-state index is 0.0220. The number of phenols is 1. The average Bonchev–Trinajstić information content (AvgIpc) is 3.34. The van der Waals surface area contributed by atoms with Crippen LogP contribution in [0.2, 0.25) is 0 Å². The van der Waals surface area contributed by atoms with E-state index in [2.05, 4.69) is 17.9 Å². The molecule has 5 rings (SSSR count). The highest BCUT2D eigenvalue weighted by Crippen LogP contribution is 2.57. The third-order valence-corrected chi connectivity index (χ3v) is 7.29. The maximum Gasteiger partial charge on any atom is 0.134 e. The number of piperidine rings is 1. The van der Waals surface area contributed by atoms with Crippen LogP contribution in [0.25, 0.3) is 0 Å². The van der Waals surface area contributed by atoms with Gasteiger partial charge in [-0.05, 0) is 73.2 Å². The summed E-state index contributed by atoms with van der Waals surface area (Å²) in [5.41, 5.74) is 2.64. The van der Waals surface area contributed by atoms with Gasteiger partial charge in [-0.15, -0.1) is 0 Å². The zero-order chi connectivity index (χ0) is 16.5. The number of rotatable bonds is 2. The normalized spacial score (nSPS) is 38.5. The molecule has 2 bridgehead atoms. The Morgan fingerprint density at radius 1 is 1.29 bits per heavy atom. The molecular formula is C21H27NO2. The molecular weight excluding hydrogens is 298 g/mol. The largest absolute Gasteiger partial charge is 0.508 e. The Labute approximate surface area is 144 Å². The van der Waals surface area contributed by atoms with Gasteiger partial charge >= 0.3 is 0 Å². The molecule has 1 aromatic carbocycles. The van der Waals surface area contributed by atoms with Crippen LogP contribution < -0.4 is 0 Å². The highest BCUT2D eigenvalue weighted by molar-refractivity contribution is 5.82. The second kappa shape index (κ2) is 5.08. The number of benzene rings is 1. The molecule has 3 heteroatoms. The number of hydrogen-bond acceptors (Lipinski definition) is 3. The van der Waals surface area contributed by atoms with Crippen molar-refractivity contribution in [2.24, 2.45) is 17.8 Å². The Balaban J connectivity index is 1.63. The van der Waals surface area contributed by atoms with E-state index in [-0.39, 0.29) is 5.41 Å². The number of phenolic OH excluding ortho intramolecular Hbond substituents is 1. The Kier molecular flexibility index (Phi) is 3.16. The highest BCUT2D eigenvalue weighted by atomic mass is 16.3. The van der Waals surface area contributed by atoms with Crippen molar-refractivity contribution in [3.05, 3.63) is 29.3 Å². The summed E-state index contributed by atoms with van der Waals surface area (Å²) in [7, 11) is 0. The number of hydrogen-bond donors (Lipinski definition) is 1. The van der Waals surface area contributed by atoms with Gasteiger partial charge in [0.1, 0.15) is 11.5 Å². The van der Waals surface area contributed by atoms with Crippen molar-refractivity contribution < 1.29 is 9.90 Å². The second-order valence-corrected chi connectivity index (χ2v) is 8.88. The van der Waals surface area contributed by atoms with Gasteiger partial charge in [-0.25, -0.2) is 0 Å². The summed E-state index contributed by atoms with van der Waals surface area (Å²) in [5, 5.41) is 10.1. The minimum Gasteiger partial charge on any atom is -0.508 e. The number of likely N-dealkylation sites (tertiary alicyclic amines) is 1. The van der Waals surface area contributed by atoms with Crippen molar-refractivity contribution in [2.45, 2.75) is 56.9 Å². The van der Waals surface area contributed by atoms with Crippen molar-refractivity contribution in [1.82, 2.24) is 4.90 Å². The summed E-state index contributed by atoms with van der Waals surface area (Å²) in [6, 6.07) is 6.49. The van der Waals surface area contributed by atoms with Crippen LogP contribution in [0.5, 0.6) is 5.75 Å². The van der Waals surface area contributed by atoms with Gasteiger partial charge in [-0.3, -0.25) is 9.69 Å². The molecule has 24 heavy (non-hydrogen) atoms. The predicted octanol–water partition coefficient (Wildman–Crippen LogP) is 3.29. The van der Waals surface area contributed by atoms with Crippen molar-refractivity contribution in [3.8, 4) is 5.75 Å². The summed E-state index contributed by atoms with van der Waals surface area (Å²) in [6.45, 7) is 4.66. The van der Waals surface area contributed by atoms with E-state index in [4.69, 9.17) is 0 Å². The van der Waals surface area contributed by atoms with Crippen LogP contribution in [0.4, 0.5) is 0 Å². The molecule has 3 nitrogen and oxygen atoms in total. The topological polar surface area (TPSA) is 40.5 Å². The summed E-state index contributed by atoms with van der Waals surface area (Å²) in [5.74, 6) is 2.71. The molecule has 1 N–H and O–H groups in total. The summed E-state index contributed by atoms with van der Waals surface area (Å²) >= 11 is 0. The zero-order valence-electron chi connectivity index (χ0n) is 14.5. The molecule has 1 heterocycles. The fourth-order valence-corrected chi connectivity index (χ4v) is 6.27. The standard InChI is InChI=1S/C21H27NO2/c1-13-8-17(24)11-21-6-7-22(12-14-2-3-14)19(20(13)21)9-15-4-5-16(23)10-18(15)21/h4-5,10,13-14,19-20,23H,2-3,6-9,11-12H2,1H3/t13-,19+,20-,21+/m0/s1. The van der Waals surface area contributed by atoms with Gasteiger partial charge in [-0.1, -0.05) is 13.0 Å². The summed E-state index contributed by atoms with van der Waals surface area (Å²) in [6.07, 6.45) is 6.40. The number of carbonyl (C=O) groups is 1. The molecule has 3 fully saturated rings. The lowest BCUT2D eigenvalue weighted by molar-refractivity contribution is -0.131. The number of aromatic hydroxyl groups is 1. The molecule has 0 unspecified atom stereocenters. The predicted molar refractivity (Wildman–Crippen MR) is 93.1 cm³/mol. The van der Waals surface area contributed by atoms with Gasteiger partial charge in [0.25, 0.3) is 0 Å². The Bertz CT molecular complexity index is 695. The molecule has 3 aliphatic carbocycles. The molecule has 0 aromatic heterocycles. The molecule has 4 aliphatic rings. The maximum absolute atomic E-state index is 12.5. The number of fused-ring (bicyclic) bond motifs is 1. The lowest BCUT2D eigenvalue weighted by Crippen LogP contribution is -2.64. The highest BCUT2D eigenvalue weighted by Gasteiger charge is 2.58. The molecule has 0 radical (unpaired) electrons. The number of ketones is 1. The van der Waals surface area contributed by atoms with Crippen molar-refractivity contribution >= 4 is 5.78 Å². The first-order valence-corrected chi connectivity index (χ1v) is 9.65. The first kappa shape index (κ1) is 14.9. The van der Waals surface area contributed by atoms with Crippen LogP contribution >= 0.6 is 0 Å². The van der Waals surface area contributed by atoms with Crippen molar-refractivity contribution in [3.63, 3.8) is 0 Å².